The van der Waals surface area contributed by atoms with E-state index < -0.39 is 5.54 Å². The number of benzene rings is 2. The predicted octanol–water partition coefficient (Wildman–Crippen LogP) is 4.53. The summed E-state index contributed by atoms with van der Waals surface area (Å²) in [7, 11) is 0. The molecule has 0 bridgehead atoms. The number of aromatic nitrogens is 2. The second-order valence-electron chi connectivity index (χ2n) is 8.51. The van der Waals surface area contributed by atoms with Crippen molar-refractivity contribution in [2.75, 3.05) is 0 Å². The van der Waals surface area contributed by atoms with Gasteiger partial charge in [-0.1, -0.05) is 54.1 Å². The quantitative estimate of drug-likeness (QED) is 0.445. The molecule has 4 aromatic rings. The van der Waals surface area contributed by atoms with Gasteiger partial charge in [0.2, 0.25) is 5.91 Å². The van der Waals surface area contributed by atoms with Gasteiger partial charge in [0.1, 0.15) is 16.9 Å². The lowest BCUT2D eigenvalue weighted by Crippen LogP contribution is -2.63. The van der Waals surface area contributed by atoms with Gasteiger partial charge < -0.3 is 14.6 Å². The zero-order valence-corrected chi connectivity index (χ0v) is 19.3. The molecule has 1 aliphatic rings. The summed E-state index contributed by atoms with van der Waals surface area (Å²) in [6, 6.07) is 22.2. The molecule has 1 atom stereocenters. The van der Waals surface area contributed by atoms with Crippen LogP contribution in [-0.2, 0) is 24.4 Å². The predicted molar refractivity (Wildman–Crippen MR) is 128 cm³/mol. The van der Waals surface area contributed by atoms with Gasteiger partial charge in [0, 0.05) is 24.2 Å². The van der Waals surface area contributed by atoms with E-state index in [0.29, 0.717) is 35.3 Å². The van der Waals surface area contributed by atoms with Gasteiger partial charge in [0.15, 0.2) is 5.76 Å². The summed E-state index contributed by atoms with van der Waals surface area (Å²) in [4.78, 5) is 28.9. The number of amides is 2. The van der Waals surface area contributed by atoms with Crippen LogP contribution < -0.4 is 5.32 Å². The molecule has 2 aromatic heterocycles. The van der Waals surface area contributed by atoms with Crippen LogP contribution in [0.15, 0.2) is 83.5 Å². The molecule has 0 unspecified atom stereocenters. The van der Waals surface area contributed by atoms with E-state index in [0.717, 1.165) is 11.1 Å². The molecule has 0 spiro atoms. The Morgan fingerprint density at radius 3 is 2.56 bits per heavy atom. The van der Waals surface area contributed by atoms with E-state index in [2.05, 4.69) is 10.4 Å². The molecule has 7 nitrogen and oxygen atoms in total. The third-order valence-electron chi connectivity index (χ3n) is 6.11. The normalized spacial score (nSPS) is 17.5. The SMILES string of the molecule is C[C@@]1(C(=O)NCc2ccc(Cl)cc2)Cn2nc(-c3ccco3)cc2C(=O)N1Cc1ccccc1. The lowest BCUT2D eigenvalue weighted by Gasteiger charge is -2.43. The Labute approximate surface area is 201 Å². The van der Waals surface area contributed by atoms with E-state index in [4.69, 9.17) is 16.0 Å². The maximum absolute atomic E-state index is 13.7. The van der Waals surface area contributed by atoms with Crippen molar-refractivity contribution in [2.24, 2.45) is 0 Å². The van der Waals surface area contributed by atoms with Crippen molar-refractivity contribution < 1.29 is 14.0 Å². The Bertz CT molecular complexity index is 1320. The molecule has 2 aromatic carbocycles. The van der Waals surface area contributed by atoms with Crippen molar-refractivity contribution in [3.63, 3.8) is 0 Å². The molecule has 1 aliphatic heterocycles. The zero-order chi connectivity index (χ0) is 23.7. The minimum Gasteiger partial charge on any atom is -0.463 e. The Balaban J connectivity index is 1.47. The fourth-order valence-electron chi connectivity index (χ4n) is 4.18. The molecule has 0 fully saturated rings. The minimum atomic E-state index is -1.15. The molecule has 2 amide bonds. The van der Waals surface area contributed by atoms with E-state index >= 15 is 0 Å². The molecular weight excluding hydrogens is 452 g/mol. The number of nitrogens with zero attached hydrogens (tertiary/aromatic N) is 3. The molecule has 0 aliphatic carbocycles. The van der Waals surface area contributed by atoms with Gasteiger partial charge in [0.05, 0.1) is 12.8 Å². The first-order chi connectivity index (χ1) is 16.4. The smallest absolute Gasteiger partial charge is 0.273 e. The Hall–Kier alpha value is -3.84. The van der Waals surface area contributed by atoms with E-state index in [9.17, 15) is 9.59 Å². The molecule has 172 valence electrons. The van der Waals surface area contributed by atoms with Gasteiger partial charge in [-0.15, -0.1) is 0 Å². The van der Waals surface area contributed by atoms with Crippen LogP contribution in [-0.4, -0.2) is 32.0 Å². The van der Waals surface area contributed by atoms with Crippen molar-refractivity contribution in [1.82, 2.24) is 20.0 Å². The van der Waals surface area contributed by atoms with E-state index in [1.165, 1.54) is 0 Å². The van der Waals surface area contributed by atoms with Crippen LogP contribution in [0.1, 0.15) is 28.5 Å². The molecule has 8 heteroatoms. The van der Waals surface area contributed by atoms with Crippen LogP contribution in [0.25, 0.3) is 11.5 Å². The second-order valence-corrected chi connectivity index (χ2v) is 8.95. The number of furan rings is 1. The molecule has 5 rings (SSSR count). The fraction of sp³-hybridized carbons (Fsp3) is 0.192. The minimum absolute atomic E-state index is 0.216. The van der Waals surface area contributed by atoms with Crippen molar-refractivity contribution >= 4 is 23.4 Å². The first-order valence-corrected chi connectivity index (χ1v) is 11.3. The average Bonchev–Trinajstić information content (AvgIpc) is 3.52. The van der Waals surface area contributed by atoms with Crippen LogP contribution in [0, 0.1) is 0 Å². The van der Waals surface area contributed by atoms with Gasteiger partial charge in [-0.3, -0.25) is 14.3 Å². The van der Waals surface area contributed by atoms with Gasteiger partial charge in [-0.2, -0.15) is 5.10 Å². The maximum atomic E-state index is 13.7. The van der Waals surface area contributed by atoms with E-state index in [1.807, 2.05) is 42.5 Å². The largest absolute Gasteiger partial charge is 0.463 e. The Kier molecular flexibility index (Phi) is 5.71. The lowest BCUT2D eigenvalue weighted by atomic mass is 9.94. The standard InChI is InChI=1S/C26H23ClN4O3/c1-26(25(33)28-15-18-9-11-20(27)12-10-18)17-31-22(14-21(29-31)23-8-5-13-34-23)24(32)30(26)16-19-6-3-2-4-7-19/h2-14H,15-17H2,1H3,(H,28,33)/t26-/m0/s1. The summed E-state index contributed by atoms with van der Waals surface area (Å²) < 4.78 is 7.06. The summed E-state index contributed by atoms with van der Waals surface area (Å²) in [5.41, 5.74) is 1.67. The van der Waals surface area contributed by atoms with Crippen LogP contribution in [0.4, 0.5) is 0 Å². The lowest BCUT2D eigenvalue weighted by molar-refractivity contribution is -0.133. The zero-order valence-electron chi connectivity index (χ0n) is 18.6. The summed E-state index contributed by atoms with van der Waals surface area (Å²) >= 11 is 5.97. The monoisotopic (exact) mass is 474 g/mol. The molecule has 34 heavy (non-hydrogen) atoms. The second kappa shape index (κ2) is 8.83. The highest BCUT2D eigenvalue weighted by Gasteiger charge is 2.48. The third kappa shape index (κ3) is 4.10. The van der Waals surface area contributed by atoms with Gasteiger partial charge in [-0.25, -0.2) is 0 Å². The van der Waals surface area contributed by atoms with Gasteiger partial charge in [-0.05, 0) is 42.3 Å². The van der Waals surface area contributed by atoms with Crippen molar-refractivity contribution in [1.29, 1.82) is 0 Å². The first-order valence-electron chi connectivity index (χ1n) is 10.9. The van der Waals surface area contributed by atoms with Crippen LogP contribution in [0.5, 0.6) is 0 Å². The fourth-order valence-corrected chi connectivity index (χ4v) is 4.30. The third-order valence-corrected chi connectivity index (χ3v) is 6.36. The number of halogens is 1. The van der Waals surface area contributed by atoms with E-state index in [1.54, 1.807) is 53.1 Å². The van der Waals surface area contributed by atoms with Gasteiger partial charge >= 0.3 is 0 Å². The van der Waals surface area contributed by atoms with Crippen LogP contribution >= 0.6 is 11.6 Å². The molecule has 3 heterocycles. The number of fused-ring (bicyclic) bond motifs is 1. The number of nitrogens with one attached hydrogen (secondary N) is 1. The topological polar surface area (TPSA) is 80.4 Å². The van der Waals surface area contributed by atoms with Crippen LogP contribution in [0.3, 0.4) is 0 Å². The van der Waals surface area contributed by atoms with Crippen molar-refractivity contribution in [2.45, 2.75) is 32.1 Å². The number of carbonyl (C=O) groups is 2. The molecular formula is C26H23ClN4O3. The highest BCUT2D eigenvalue weighted by Crippen LogP contribution is 2.31. The van der Waals surface area contributed by atoms with Gasteiger partial charge in [0.25, 0.3) is 5.91 Å². The number of hydrogen-bond donors (Lipinski definition) is 1. The Morgan fingerprint density at radius 2 is 1.85 bits per heavy atom. The first kappa shape index (κ1) is 22.0. The van der Waals surface area contributed by atoms with Crippen molar-refractivity contribution in [3.8, 4) is 11.5 Å². The summed E-state index contributed by atoms with van der Waals surface area (Å²) in [5.74, 6) is 0.0511. The number of carbonyl (C=O) groups excluding carboxylic acids is 2. The number of hydrogen-bond acceptors (Lipinski definition) is 4. The molecule has 1 N–H and O–H groups in total. The highest BCUT2D eigenvalue weighted by molar-refractivity contribution is 6.30. The Morgan fingerprint density at radius 1 is 1.09 bits per heavy atom. The molecule has 0 saturated heterocycles. The average molecular weight is 475 g/mol. The van der Waals surface area contributed by atoms with Crippen LogP contribution in [0.2, 0.25) is 5.02 Å². The number of rotatable bonds is 6. The maximum Gasteiger partial charge on any atom is 0.273 e. The summed E-state index contributed by atoms with van der Waals surface area (Å²) in [6.45, 7) is 2.62. The van der Waals surface area contributed by atoms with Crippen molar-refractivity contribution in [3.05, 3.63) is 101 Å². The highest BCUT2D eigenvalue weighted by atomic mass is 35.5. The summed E-state index contributed by atoms with van der Waals surface area (Å²) in [6.07, 6.45) is 1.56. The molecule has 0 radical (unpaired) electrons. The molecule has 0 saturated carbocycles. The summed E-state index contributed by atoms with van der Waals surface area (Å²) in [5, 5.41) is 8.20. The van der Waals surface area contributed by atoms with E-state index in [-0.39, 0.29) is 18.4 Å².